The summed E-state index contributed by atoms with van der Waals surface area (Å²) in [5.41, 5.74) is 0.799. The molecule has 4 N–H and O–H groups in total. The summed E-state index contributed by atoms with van der Waals surface area (Å²) in [5, 5.41) is 30.0. The average Bonchev–Trinajstić information content (AvgIpc) is 3.74. The summed E-state index contributed by atoms with van der Waals surface area (Å²) in [6.45, 7) is 3.15. The largest absolute Gasteiger partial charge is 0.367 e. The second kappa shape index (κ2) is 8.33. The van der Waals surface area contributed by atoms with Crippen molar-refractivity contribution in [2.45, 2.75) is 36.1 Å². The van der Waals surface area contributed by atoms with Crippen molar-refractivity contribution in [2.24, 2.45) is 5.41 Å². The van der Waals surface area contributed by atoms with Gasteiger partial charge in [-0.2, -0.15) is 5.26 Å². The fourth-order valence-electron chi connectivity index (χ4n) is 3.78. The first-order valence-corrected chi connectivity index (χ1v) is 12.4. The van der Waals surface area contributed by atoms with Crippen molar-refractivity contribution in [1.82, 2.24) is 19.4 Å². The zero-order chi connectivity index (χ0) is 22.3. The number of anilines is 1. The van der Waals surface area contributed by atoms with Gasteiger partial charge in [0.1, 0.15) is 17.1 Å². The molecule has 1 saturated heterocycles. The first kappa shape index (κ1) is 21.7. The van der Waals surface area contributed by atoms with Gasteiger partial charge in [-0.25, -0.2) is 9.37 Å². The third-order valence-electron chi connectivity index (χ3n) is 6.35. The topological polar surface area (TPSA) is 116 Å². The fraction of sp³-hybridized carbons (Fsp3) is 0.524. The molecule has 168 valence electrons. The van der Waals surface area contributed by atoms with Gasteiger partial charge in [0.25, 0.3) is 0 Å². The maximum Gasteiger partial charge on any atom is 0.169 e. The molecule has 0 atom stereocenters. The number of nitrogens with one attached hydrogen (secondary N) is 4. The van der Waals surface area contributed by atoms with Crippen LogP contribution >= 0.6 is 23.7 Å². The molecule has 0 amide bonds. The summed E-state index contributed by atoms with van der Waals surface area (Å²) >= 11 is 2.43. The maximum absolute atomic E-state index is 13.4. The molecule has 3 fully saturated rings. The highest BCUT2D eigenvalue weighted by molar-refractivity contribution is 8.26. The number of thioether (sulfide) groups is 1. The highest BCUT2D eigenvalue weighted by Crippen LogP contribution is 2.49. The van der Waals surface area contributed by atoms with E-state index in [9.17, 15) is 9.65 Å². The summed E-state index contributed by atoms with van der Waals surface area (Å²) < 4.78 is 18.5. The van der Waals surface area contributed by atoms with E-state index in [4.69, 9.17) is 10.8 Å². The van der Waals surface area contributed by atoms with Crippen molar-refractivity contribution in [1.29, 1.82) is 16.1 Å². The van der Waals surface area contributed by atoms with Crippen LogP contribution in [0.5, 0.6) is 0 Å². The normalized spacial score (nSPS) is 20.7. The van der Waals surface area contributed by atoms with E-state index in [1.165, 1.54) is 11.9 Å². The van der Waals surface area contributed by atoms with Crippen molar-refractivity contribution < 1.29 is 4.39 Å². The molecule has 1 aliphatic heterocycles. The van der Waals surface area contributed by atoms with Crippen LogP contribution in [0, 0.1) is 27.6 Å². The molecule has 0 spiro atoms. The van der Waals surface area contributed by atoms with Gasteiger partial charge in [-0.3, -0.25) is 19.9 Å². The maximum atomic E-state index is 13.4. The number of rotatable bonds is 7. The standard InChI is InChI=1S/C21H25FN8S2/c22-12-21(3-4-21)28-32-14-9-15(29-7-5-26-6-8-29)16-10-27-18(30(16)11-14)17(24)31-19(25)20(13-23)1-2-20/h9-11,24-26,28H,1-8,12H2. The Morgan fingerprint density at radius 1 is 1.28 bits per heavy atom. The van der Waals surface area contributed by atoms with Crippen molar-refractivity contribution in [2.75, 3.05) is 37.8 Å². The zero-order valence-corrected chi connectivity index (χ0v) is 19.2. The number of halogens is 1. The minimum absolute atomic E-state index is 0.153. The molecule has 2 aromatic rings. The molecule has 5 rings (SSSR count). The highest BCUT2D eigenvalue weighted by atomic mass is 32.2. The van der Waals surface area contributed by atoms with E-state index >= 15 is 0 Å². The quantitative estimate of drug-likeness (QED) is 0.278. The number of imidazole rings is 1. The first-order valence-electron chi connectivity index (χ1n) is 10.7. The SMILES string of the molecule is N#CC1(C(=N)SC(=N)c2ncc3c(N4CCNCC4)cc(SNC4(CF)CC4)cn23)CC1. The minimum atomic E-state index is -0.716. The number of hydrogen-bond acceptors (Lipinski definition) is 9. The van der Waals surface area contributed by atoms with Crippen LogP contribution in [-0.4, -0.2) is 57.9 Å². The lowest BCUT2D eigenvalue weighted by Crippen LogP contribution is -2.43. The molecule has 0 bridgehead atoms. The van der Waals surface area contributed by atoms with Crippen LogP contribution in [-0.2, 0) is 0 Å². The molecule has 2 aromatic heterocycles. The summed E-state index contributed by atoms with van der Waals surface area (Å²) in [6, 6.07) is 4.32. The highest BCUT2D eigenvalue weighted by Gasteiger charge is 2.48. The van der Waals surface area contributed by atoms with Gasteiger partial charge in [-0.05, 0) is 43.7 Å². The Labute approximate surface area is 194 Å². The monoisotopic (exact) mass is 472 g/mol. The van der Waals surface area contributed by atoms with E-state index in [-0.39, 0.29) is 16.8 Å². The number of fused-ring (bicyclic) bond motifs is 1. The van der Waals surface area contributed by atoms with Gasteiger partial charge >= 0.3 is 0 Å². The van der Waals surface area contributed by atoms with E-state index < -0.39 is 11.0 Å². The van der Waals surface area contributed by atoms with Crippen LogP contribution in [0.3, 0.4) is 0 Å². The number of nitriles is 1. The molecule has 0 radical (unpaired) electrons. The van der Waals surface area contributed by atoms with Gasteiger partial charge in [0.05, 0.1) is 34.1 Å². The van der Waals surface area contributed by atoms with Crippen LogP contribution in [0.1, 0.15) is 31.5 Å². The smallest absolute Gasteiger partial charge is 0.169 e. The molecule has 0 aromatic carbocycles. The van der Waals surface area contributed by atoms with Gasteiger partial charge in [-0.15, -0.1) is 0 Å². The Kier molecular flexibility index (Phi) is 5.65. The van der Waals surface area contributed by atoms with Crippen molar-refractivity contribution in [3.05, 3.63) is 24.3 Å². The fourth-order valence-corrected chi connectivity index (χ4v) is 5.59. The zero-order valence-electron chi connectivity index (χ0n) is 17.6. The Hall–Kier alpha value is -2.13. The van der Waals surface area contributed by atoms with Gasteiger partial charge < -0.3 is 10.2 Å². The van der Waals surface area contributed by atoms with E-state index in [2.05, 4.69) is 32.1 Å². The summed E-state index contributed by atoms with van der Waals surface area (Å²) in [6.07, 6.45) is 6.73. The summed E-state index contributed by atoms with van der Waals surface area (Å²) in [7, 11) is 0. The minimum Gasteiger partial charge on any atom is -0.367 e. The molecule has 2 saturated carbocycles. The Bertz CT molecular complexity index is 1110. The lowest BCUT2D eigenvalue weighted by molar-refractivity contribution is 0.402. The molecule has 11 heteroatoms. The number of piperazine rings is 1. The Balaban J connectivity index is 1.47. The van der Waals surface area contributed by atoms with E-state index in [0.29, 0.717) is 18.7 Å². The van der Waals surface area contributed by atoms with Crippen LogP contribution in [0.25, 0.3) is 5.52 Å². The predicted octanol–water partition coefficient (Wildman–Crippen LogP) is 3.18. The van der Waals surface area contributed by atoms with E-state index in [0.717, 1.165) is 66.9 Å². The lowest BCUT2D eigenvalue weighted by Gasteiger charge is -2.30. The lowest BCUT2D eigenvalue weighted by atomic mass is 10.2. The van der Waals surface area contributed by atoms with Crippen molar-refractivity contribution in [3.8, 4) is 6.07 Å². The third kappa shape index (κ3) is 4.01. The number of aromatic nitrogens is 2. The molecule has 8 nitrogen and oxygen atoms in total. The predicted molar refractivity (Wildman–Crippen MR) is 127 cm³/mol. The molecule has 2 aliphatic carbocycles. The summed E-state index contributed by atoms with van der Waals surface area (Å²) in [5.74, 6) is 0.453. The number of alkyl halides is 1. The number of pyridine rings is 1. The van der Waals surface area contributed by atoms with Gasteiger partial charge in [0.2, 0.25) is 0 Å². The second-order valence-electron chi connectivity index (χ2n) is 8.71. The molecular formula is C21H25FN8S2. The van der Waals surface area contributed by atoms with Crippen molar-refractivity contribution >= 4 is 45.0 Å². The van der Waals surface area contributed by atoms with Crippen LogP contribution in [0.15, 0.2) is 23.4 Å². The van der Waals surface area contributed by atoms with E-state index in [1.54, 1.807) is 6.20 Å². The van der Waals surface area contributed by atoms with Crippen LogP contribution in [0.2, 0.25) is 0 Å². The van der Waals surface area contributed by atoms with E-state index in [1.807, 2.05) is 10.6 Å². The van der Waals surface area contributed by atoms with Crippen molar-refractivity contribution in [3.63, 3.8) is 0 Å². The average molecular weight is 473 g/mol. The van der Waals surface area contributed by atoms with Gasteiger partial charge in [-0.1, -0.05) is 11.8 Å². The molecular weight excluding hydrogens is 447 g/mol. The third-order valence-corrected chi connectivity index (χ3v) is 8.33. The molecule has 3 heterocycles. The number of hydrogen-bond donors (Lipinski definition) is 4. The molecule has 0 unspecified atom stereocenters. The first-order chi connectivity index (χ1) is 15.5. The Morgan fingerprint density at radius 2 is 2.03 bits per heavy atom. The Morgan fingerprint density at radius 3 is 2.66 bits per heavy atom. The van der Waals surface area contributed by atoms with Crippen LogP contribution < -0.4 is 14.9 Å². The molecule has 32 heavy (non-hydrogen) atoms. The van der Waals surface area contributed by atoms with Gasteiger partial charge in [0, 0.05) is 37.3 Å². The van der Waals surface area contributed by atoms with Crippen LogP contribution in [0.4, 0.5) is 10.1 Å². The summed E-state index contributed by atoms with van der Waals surface area (Å²) in [4.78, 5) is 7.74. The van der Waals surface area contributed by atoms with Gasteiger partial charge in [0.15, 0.2) is 5.82 Å². The second-order valence-corrected chi connectivity index (χ2v) is 10.6. The molecule has 3 aliphatic rings. The number of nitrogens with zero attached hydrogens (tertiary/aromatic N) is 4.